The Kier molecular flexibility index (Phi) is 4.33. The largest absolute Gasteiger partial charge is 0.465 e. The summed E-state index contributed by atoms with van der Waals surface area (Å²) in [6, 6.07) is 4.72. The summed E-state index contributed by atoms with van der Waals surface area (Å²) in [7, 11) is 1.26. The van der Waals surface area contributed by atoms with Crippen molar-refractivity contribution in [2.45, 2.75) is 12.3 Å². The lowest BCUT2D eigenvalue weighted by Gasteiger charge is -2.10. The zero-order valence-electron chi connectivity index (χ0n) is 8.79. The molecule has 0 fully saturated rings. The van der Waals surface area contributed by atoms with E-state index in [0.29, 0.717) is 5.56 Å². The molecule has 5 heteroatoms. The van der Waals surface area contributed by atoms with Crippen LogP contribution in [0.5, 0.6) is 0 Å². The lowest BCUT2D eigenvalue weighted by atomic mass is 10.1. The van der Waals surface area contributed by atoms with Crippen LogP contribution in [0.1, 0.15) is 28.2 Å². The molecule has 86 valence electrons. The van der Waals surface area contributed by atoms with Crippen molar-refractivity contribution < 1.29 is 14.3 Å². The van der Waals surface area contributed by atoms with Gasteiger partial charge in [-0.3, -0.25) is 4.79 Å². The zero-order valence-corrected chi connectivity index (χ0v) is 10.3. The third kappa shape index (κ3) is 2.54. The molecule has 1 atom stereocenters. The molecule has 1 aromatic rings. The highest BCUT2D eigenvalue weighted by Gasteiger charge is 2.20. The third-order valence-corrected chi connectivity index (χ3v) is 3.03. The van der Waals surface area contributed by atoms with E-state index in [1.807, 2.05) is 0 Å². The first kappa shape index (κ1) is 13.0. The van der Waals surface area contributed by atoms with Crippen LogP contribution in [-0.2, 0) is 9.53 Å². The predicted octanol–water partition coefficient (Wildman–Crippen LogP) is 3.00. The molecule has 3 nitrogen and oxygen atoms in total. The van der Waals surface area contributed by atoms with Gasteiger partial charge in [0.15, 0.2) is 5.78 Å². The molecular weight excluding hydrogens is 251 g/mol. The average Bonchev–Trinajstić information content (AvgIpc) is 2.27. The van der Waals surface area contributed by atoms with Gasteiger partial charge in [-0.15, -0.1) is 11.6 Å². The van der Waals surface area contributed by atoms with Crippen molar-refractivity contribution in [3.05, 3.63) is 34.3 Å². The van der Waals surface area contributed by atoms with Gasteiger partial charge in [0, 0.05) is 0 Å². The first-order valence-corrected chi connectivity index (χ1v) is 5.31. The minimum atomic E-state index is -0.850. The van der Waals surface area contributed by atoms with E-state index in [-0.39, 0.29) is 16.4 Å². The van der Waals surface area contributed by atoms with E-state index in [2.05, 4.69) is 4.74 Å². The fraction of sp³-hybridized carbons (Fsp3) is 0.273. The number of benzene rings is 1. The number of Topliss-reactive ketones (excluding diaryl/α,β-unsaturated/α-hetero) is 1. The molecule has 0 amide bonds. The summed E-state index contributed by atoms with van der Waals surface area (Å²) in [6.45, 7) is 1.36. The van der Waals surface area contributed by atoms with Crippen molar-refractivity contribution in [2.75, 3.05) is 7.11 Å². The Hall–Kier alpha value is -1.06. The van der Waals surface area contributed by atoms with E-state index in [9.17, 15) is 9.59 Å². The number of halogens is 2. The molecule has 0 N–H and O–H groups in total. The molecule has 1 aromatic carbocycles. The summed E-state index contributed by atoms with van der Waals surface area (Å²) in [4.78, 5) is 22.5. The van der Waals surface area contributed by atoms with Crippen molar-refractivity contribution in [1.29, 1.82) is 0 Å². The van der Waals surface area contributed by atoms with Crippen LogP contribution in [0.2, 0.25) is 5.02 Å². The highest BCUT2D eigenvalue weighted by molar-refractivity contribution is 6.37. The molecule has 0 saturated carbocycles. The number of ketones is 1. The van der Waals surface area contributed by atoms with Gasteiger partial charge in [-0.25, -0.2) is 4.79 Å². The van der Waals surface area contributed by atoms with Crippen LogP contribution >= 0.6 is 23.2 Å². The second-order valence-electron chi connectivity index (χ2n) is 3.17. The minimum absolute atomic E-state index is 0.157. The SMILES string of the molecule is COC(=O)c1cccc(C(Cl)C(C)=O)c1Cl. The normalized spacial score (nSPS) is 12.0. The van der Waals surface area contributed by atoms with Gasteiger partial charge >= 0.3 is 5.97 Å². The smallest absolute Gasteiger partial charge is 0.339 e. The molecule has 0 aliphatic heterocycles. The van der Waals surface area contributed by atoms with Gasteiger partial charge in [-0.05, 0) is 18.6 Å². The Labute approximate surface area is 103 Å². The van der Waals surface area contributed by atoms with Crippen LogP contribution < -0.4 is 0 Å². The summed E-state index contributed by atoms with van der Waals surface area (Å²) < 4.78 is 4.56. The summed E-state index contributed by atoms with van der Waals surface area (Å²) >= 11 is 11.9. The van der Waals surface area contributed by atoms with E-state index in [4.69, 9.17) is 23.2 Å². The van der Waals surface area contributed by atoms with Crippen LogP contribution in [0.4, 0.5) is 0 Å². The van der Waals surface area contributed by atoms with E-state index in [1.165, 1.54) is 20.1 Å². The highest BCUT2D eigenvalue weighted by atomic mass is 35.5. The van der Waals surface area contributed by atoms with E-state index < -0.39 is 11.3 Å². The number of methoxy groups -OCH3 is 1. The molecule has 0 heterocycles. The average molecular weight is 261 g/mol. The van der Waals surface area contributed by atoms with Gasteiger partial charge in [0.2, 0.25) is 0 Å². The number of esters is 1. The van der Waals surface area contributed by atoms with Crippen molar-refractivity contribution in [2.24, 2.45) is 0 Å². The van der Waals surface area contributed by atoms with E-state index in [0.717, 1.165) is 0 Å². The summed E-state index contributed by atoms with van der Waals surface area (Å²) in [6.07, 6.45) is 0. The molecule has 1 rings (SSSR count). The Balaban J connectivity index is 3.23. The molecule has 0 spiro atoms. The van der Waals surface area contributed by atoms with Gasteiger partial charge in [0.1, 0.15) is 5.38 Å². The molecule has 16 heavy (non-hydrogen) atoms. The number of carbonyl (C=O) groups excluding carboxylic acids is 2. The Morgan fingerprint density at radius 2 is 2.00 bits per heavy atom. The Bertz CT molecular complexity index is 429. The molecule has 0 aromatic heterocycles. The maximum Gasteiger partial charge on any atom is 0.339 e. The maximum atomic E-state index is 11.3. The third-order valence-electron chi connectivity index (χ3n) is 2.06. The Morgan fingerprint density at radius 1 is 1.38 bits per heavy atom. The zero-order chi connectivity index (χ0) is 12.3. The Morgan fingerprint density at radius 3 is 2.50 bits per heavy atom. The van der Waals surface area contributed by atoms with E-state index in [1.54, 1.807) is 12.1 Å². The van der Waals surface area contributed by atoms with Crippen molar-refractivity contribution in [3.8, 4) is 0 Å². The second-order valence-corrected chi connectivity index (χ2v) is 3.99. The summed E-state index contributed by atoms with van der Waals surface area (Å²) in [5.41, 5.74) is 0.618. The van der Waals surface area contributed by atoms with Crippen molar-refractivity contribution >= 4 is 35.0 Å². The van der Waals surface area contributed by atoms with Gasteiger partial charge < -0.3 is 4.74 Å². The fourth-order valence-corrected chi connectivity index (χ4v) is 1.78. The number of hydrogen-bond acceptors (Lipinski definition) is 3. The van der Waals surface area contributed by atoms with Gasteiger partial charge in [0.25, 0.3) is 0 Å². The summed E-state index contributed by atoms with van der Waals surface area (Å²) in [5, 5.41) is -0.693. The molecular formula is C11H10Cl2O3. The maximum absolute atomic E-state index is 11.3. The number of carbonyl (C=O) groups is 2. The standard InChI is InChI=1S/C11H10Cl2O3/c1-6(14)9(12)7-4-3-5-8(10(7)13)11(15)16-2/h3-5,9H,1-2H3. The number of rotatable bonds is 3. The van der Waals surface area contributed by atoms with Gasteiger partial charge in [-0.1, -0.05) is 23.7 Å². The number of alkyl halides is 1. The molecule has 1 unspecified atom stereocenters. The van der Waals surface area contributed by atoms with Crippen LogP contribution in [0.15, 0.2) is 18.2 Å². The highest BCUT2D eigenvalue weighted by Crippen LogP contribution is 2.31. The first-order valence-electron chi connectivity index (χ1n) is 4.50. The monoisotopic (exact) mass is 260 g/mol. The molecule has 0 saturated heterocycles. The predicted molar refractivity (Wildman–Crippen MR) is 62.1 cm³/mol. The topological polar surface area (TPSA) is 43.4 Å². The van der Waals surface area contributed by atoms with Crippen LogP contribution in [-0.4, -0.2) is 18.9 Å². The molecule has 0 aliphatic carbocycles. The number of ether oxygens (including phenoxy) is 1. The van der Waals surface area contributed by atoms with Crippen LogP contribution in [0, 0.1) is 0 Å². The fourth-order valence-electron chi connectivity index (χ4n) is 1.23. The summed E-state index contributed by atoms with van der Waals surface area (Å²) in [5.74, 6) is -0.787. The lowest BCUT2D eigenvalue weighted by Crippen LogP contribution is -2.07. The minimum Gasteiger partial charge on any atom is -0.465 e. The van der Waals surface area contributed by atoms with Crippen LogP contribution in [0.25, 0.3) is 0 Å². The molecule has 0 bridgehead atoms. The lowest BCUT2D eigenvalue weighted by molar-refractivity contribution is -0.116. The van der Waals surface area contributed by atoms with Crippen molar-refractivity contribution in [1.82, 2.24) is 0 Å². The van der Waals surface area contributed by atoms with Gasteiger partial charge in [-0.2, -0.15) is 0 Å². The quantitative estimate of drug-likeness (QED) is 0.620. The van der Waals surface area contributed by atoms with Crippen molar-refractivity contribution in [3.63, 3.8) is 0 Å². The number of hydrogen-bond donors (Lipinski definition) is 0. The van der Waals surface area contributed by atoms with E-state index >= 15 is 0 Å². The van der Waals surface area contributed by atoms with Crippen LogP contribution in [0.3, 0.4) is 0 Å². The second kappa shape index (κ2) is 5.32. The first-order chi connectivity index (χ1) is 7.49. The molecule has 0 aliphatic rings. The molecule has 0 radical (unpaired) electrons. The van der Waals surface area contributed by atoms with Gasteiger partial charge in [0.05, 0.1) is 17.7 Å².